The molecule has 34 heavy (non-hydrogen) atoms. The fraction of sp³-hybridized carbons (Fsp3) is 0.0690. The second kappa shape index (κ2) is 9.16. The molecule has 1 atom stereocenters. The number of rotatable bonds is 6. The number of aromatic nitrogens is 1. The van der Waals surface area contributed by atoms with E-state index in [2.05, 4.69) is 10.3 Å². The lowest BCUT2D eigenvalue weighted by Gasteiger charge is -2.26. The van der Waals surface area contributed by atoms with Crippen molar-refractivity contribution < 1.29 is 14.7 Å². The van der Waals surface area contributed by atoms with Gasteiger partial charge >= 0.3 is 5.97 Å². The molecule has 1 amide bonds. The molecule has 0 radical (unpaired) electrons. The molecule has 0 aliphatic rings. The van der Waals surface area contributed by atoms with Crippen molar-refractivity contribution in [2.75, 3.05) is 0 Å². The lowest BCUT2D eigenvalue weighted by atomic mass is 9.84. The largest absolute Gasteiger partial charge is 0.480 e. The van der Waals surface area contributed by atoms with Crippen LogP contribution in [-0.4, -0.2) is 28.0 Å². The van der Waals surface area contributed by atoms with Crippen molar-refractivity contribution in [1.29, 1.82) is 0 Å². The number of nitrogens with zero attached hydrogens (tertiary/aromatic N) is 1. The van der Waals surface area contributed by atoms with Crippen molar-refractivity contribution in [2.24, 2.45) is 0 Å². The van der Waals surface area contributed by atoms with Gasteiger partial charge in [-0.05, 0) is 23.3 Å². The molecule has 0 saturated carbocycles. The molecule has 0 fully saturated rings. The van der Waals surface area contributed by atoms with Gasteiger partial charge in [-0.3, -0.25) is 4.79 Å². The number of pyridine rings is 1. The number of para-hydroxylation sites is 2. The van der Waals surface area contributed by atoms with E-state index in [1.165, 1.54) is 0 Å². The SMILES string of the molecule is O=C(N[C@@H](C(=O)O)C(c1ccccc1)c1ccccc1)c1c2ccccc2nc2ccccc12. The highest BCUT2D eigenvalue weighted by molar-refractivity contribution is 6.16. The van der Waals surface area contributed by atoms with E-state index in [-0.39, 0.29) is 0 Å². The minimum Gasteiger partial charge on any atom is -0.480 e. The first kappa shape index (κ1) is 21.3. The third-order valence-electron chi connectivity index (χ3n) is 6.02. The Morgan fingerprint density at radius 3 is 1.56 bits per heavy atom. The molecular formula is C29H22N2O3. The maximum Gasteiger partial charge on any atom is 0.327 e. The predicted molar refractivity (Wildman–Crippen MR) is 133 cm³/mol. The topological polar surface area (TPSA) is 79.3 Å². The summed E-state index contributed by atoms with van der Waals surface area (Å²) in [7, 11) is 0. The van der Waals surface area contributed by atoms with E-state index in [1.54, 1.807) is 0 Å². The Labute approximate surface area is 196 Å². The van der Waals surface area contributed by atoms with Crippen molar-refractivity contribution in [3.63, 3.8) is 0 Å². The molecule has 0 aliphatic carbocycles. The summed E-state index contributed by atoms with van der Waals surface area (Å²) in [6, 6.07) is 32.4. The molecule has 0 aliphatic heterocycles. The molecule has 0 saturated heterocycles. The van der Waals surface area contributed by atoms with Crippen LogP contribution in [0.1, 0.15) is 27.4 Å². The molecule has 5 rings (SSSR count). The molecule has 0 unspecified atom stereocenters. The zero-order valence-corrected chi connectivity index (χ0v) is 18.3. The van der Waals surface area contributed by atoms with Gasteiger partial charge in [0.2, 0.25) is 0 Å². The predicted octanol–water partition coefficient (Wildman–Crippen LogP) is 5.40. The van der Waals surface area contributed by atoms with Gasteiger partial charge in [0.05, 0.1) is 16.6 Å². The van der Waals surface area contributed by atoms with Crippen LogP contribution in [0.5, 0.6) is 0 Å². The number of hydrogen-bond acceptors (Lipinski definition) is 3. The molecule has 5 heteroatoms. The van der Waals surface area contributed by atoms with E-state index in [4.69, 9.17) is 0 Å². The van der Waals surface area contributed by atoms with Crippen molar-refractivity contribution in [3.05, 3.63) is 126 Å². The Morgan fingerprint density at radius 2 is 1.09 bits per heavy atom. The van der Waals surface area contributed by atoms with Gasteiger partial charge in [0.25, 0.3) is 5.91 Å². The summed E-state index contributed by atoms with van der Waals surface area (Å²) in [6.07, 6.45) is 0. The van der Waals surface area contributed by atoms with Crippen molar-refractivity contribution in [3.8, 4) is 0 Å². The van der Waals surface area contributed by atoms with Gasteiger partial charge in [0.15, 0.2) is 0 Å². The Hall–Kier alpha value is -4.51. The number of carboxylic acid groups (broad SMARTS) is 1. The molecule has 1 aromatic heterocycles. The van der Waals surface area contributed by atoms with Crippen LogP contribution in [0.15, 0.2) is 109 Å². The third-order valence-corrected chi connectivity index (χ3v) is 6.02. The van der Waals surface area contributed by atoms with Gasteiger partial charge in [-0.2, -0.15) is 0 Å². The van der Waals surface area contributed by atoms with Gasteiger partial charge < -0.3 is 10.4 Å². The number of carbonyl (C=O) groups excluding carboxylic acids is 1. The average molecular weight is 447 g/mol. The quantitative estimate of drug-likeness (QED) is 0.342. The van der Waals surface area contributed by atoms with Crippen LogP contribution in [0.25, 0.3) is 21.8 Å². The molecule has 166 valence electrons. The summed E-state index contributed by atoms with van der Waals surface area (Å²) >= 11 is 0. The van der Waals surface area contributed by atoms with Crippen LogP contribution in [0.4, 0.5) is 0 Å². The maximum atomic E-state index is 13.8. The molecular weight excluding hydrogens is 424 g/mol. The monoisotopic (exact) mass is 446 g/mol. The van der Waals surface area contributed by atoms with Crippen LogP contribution >= 0.6 is 0 Å². The fourth-order valence-electron chi connectivity index (χ4n) is 4.48. The van der Waals surface area contributed by atoms with Crippen molar-refractivity contribution in [1.82, 2.24) is 10.3 Å². The van der Waals surface area contributed by atoms with Crippen LogP contribution in [0.3, 0.4) is 0 Å². The van der Waals surface area contributed by atoms with Gasteiger partial charge in [0, 0.05) is 16.7 Å². The van der Waals surface area contributed by atoms with Crippen molar-refractivity contribution >= 4 is 33.7 Å². The molecule has 5 nitrogen and oxygen atoms in total. The minimum absolute atomic E-state index is 0.423. The highest BCUT2D eigenvalue weighted by atomic mass is 16.4. The summed E-state index contributed by atoms with van der Waals surface area (Å²) in [6.45, 7) is 0. The Morgan fingerprint density at radius 1 is 0.647 bits per heavy atom. The Balaban J connectivity index is 1.63. The molecule has 1 heterocycles. The van der Waals surface area contributed by atoms with E-state index in [1.807, 2.05) is 109 Å². The van der Waals surface area contributed by atoms with Crippen LogP contribution < -0.4 is 5.32 Å². The highest BCUT2D eigenvalue weighted by Gasteiger charge is 2.33. The number of carboxylic acids is 1. The van der Waals surface area contributed by atoms with Gasteiger partial charge in [-0.1, -0.05) is 97.1 Å². The van der Waals surface area contributed by atoms with E-state index in [0.29, 0.717) is 27.4 Å². The van der Waals surface area contributed by atoms with Crippen LogP contribution in [0, 0.1) is 0 Å². The Bertz CT molecular complexity index is 1390. The third kappa shape index (κ3) is 3.99. The average Bonchev–Trinajstić information content (AvgIpc) is 2.88. The summed E-state index contributed by atoms with van der Waals surface area (Å²) in [5, 5.41) is 14.5. The minimum atomic E-state index is -1.18. The smallest absolute Gasteiger partial charge is 0.327 e. The zero-order valence-electron chi connectivity index (χ0n) is 18.3. The Kier molecular flexibility index (Phi) is 5.75. The number of carbonyl (C=O) groups is 2. The zero-order chi connectivity index (χ0) is 23.5. The van der Waals surface area contributed by atoms with Crippen molar-refractivity contribution in [2.45, 2.75) is 12.0 Å². The molecule has 4 aromatic carbocycles. The second-order valence-electron chi connectivity index (χ2n) is 8.11. The maximum absolute atomic E-state index is 13.8. The van der Waals surface area contributed by atoms with E-state index >= 15 is 0 Å². The van der Waals surface area contributed by atoms with Crippen LogP contribution in [-0.2, 0) is 4.79 Å². The lowest BCUT2D eigenvalue weighted by molar-refractivity contribution is -0.139. The highest BCUT2D eigenvalue weighted by Crippen LogP contribution is 2.30. The molecule has 0 spiro atoms. The molecule has 5 aromatic rings. The van der Waals surface area contributed by atoms with Gasteiger partial charge in [-0.15, -0.1) is 0 Å². The normalized spacial score (nSPS) is 12.0. The first-order valence-corrected chi connectivity index (χ1v) is 11.0. The number of benzene rings is 4. The van der Waals surface area contributed by atoms with Gasteiger partial charge in [0.1, 0.15) is 6.04 Å². The number of nitrogens with one attached hydrogen (secondary N) is 1. The summed E-state index contributed by atoms with van der Waals surface area (Å²) < 4.78 is 0. The number of hydrogen-bond donors (Lipinski definition) is 2. The molecule has 0 bridgehead atoms. The van der Waals surface area contributed by atoms with Crippen LogP contribution in [0.2, 0.25) is 0 Å². The standard InChI is InChI=1S/C29H22N2O3/c32-28(26-21-15-7-9-17-23(21)30-24-18-10-8-16-22(24)26)31-27(29(33)34)25(19-11-3-1-4-12-19)20-13-5-2-6-14-20/h1-18,25,27H,(H,31,32)(H,33,34)/t27-/m1/s1. The number of aliphatic carboxylic acids is 1. The van der Waals surface area contributed by atoms with E-state index in [0.717, 1.165) is 11.1 Å². The first-order valence-electron chi connectivity index (χ1n) is 11.0. The summed E-state index contributed by atoms with van der Waals surface area (Å²) in [5.74, 6) is -2.11. The number of amides is 1. The molecule has 2 N–H and O–H groups in total. The summed E-state index contributed by atoms with van der Waals surface area (Å²) in [4.78, 5) is 31.0. The second-order valence-corrected chi connectivity index (χ2v) is 8.11. The fourth-order valence-corrected chi connectivity index (χ4v) is 4.48. The number of fused-ring (bicyclic) bond motifs is 2. The van der Waals surface area contributed by atoms with Gasteiger partial charge in [-0.25, -0.2) is 9.78 Å². The van der Waals surface area contributed by atoms with E-state index in [9.17, 15) is 14.7 Å². The first-order chi connectivity index (χ1) is 16.6. The summed E-state index contributed by atoms with van der Waals surface area (Å²) in [5.41, 5.74) is 3.41. The van der Waals surface area contributed by atoms with E-state index < -0.39 is 23.8 Å². The lowest BCUT2D eigenvalue weighted by Crippen LogP contribution is -2.45.